The summed E-state index contributed by atoms with van der Waals surface area (Å²) in [5.74, 6) is -1.58. The first-order chi connectivity index (χ1) is 6.11. The van der Waals surface area contributed by atoms with E-state index in [-0.39, 0.29) is 40.9 Å². The van der Waals surface area contributed by atoms with Crippen LogP contribution in [0.2, 0.25) is 0 Å². The fraction of sp³-hybridized carbons (Fsp3) is 0. The monoisotopic (exact) mass is 204 g/mol. The van der Waals surface area contributed by atoms with Crippen molar-refractivity contribution in [2.75, 3.05) is 0 Å². The zero-order chi connectivity index (χ0) is 9.84. The van der Waals surface area contributed by atoms with Gasteiger partial charge in [0.1, 0.15) is 5.75 Å². The zero-order valence-electron chi connectivity index (χ0n) is 7.51. The van der Waals surface area contributed by atoms with Gasteiger partial charge in [-0.25, -0.2) is 0 Å². The average molecular weight is 204 g/mol. The predicted octanol–water partition coefficient (Wildman–Crippen LogP) is -4.60. The van der Waals surface area contributed by atoms with Gasteiger partial charge in [-0.15, -0.1) is 0 Å². The van der Waals surface area contributed by atoms with Crippen molar-refractivity contribution in [3.8, 4) is 5.75 Å². The van der Waals surface area contributed by atoms with Gasteiger partial charge in [-0.1, -0.05) is 12.1 Å². The van der Waals surface area contributed by atoms with Crippen molar-refractivity contribution in [2.24, 2.45) is 0 Å². The van der Waals surface area contributed by atoms with Gasteiger partial charge in [-0.2, -0.15) is 0 Å². The van der Waals surface area contributed by atoms with E-state index in [2.05, 4.69) is 4.65 Å². The van der Waals surface area contributed by atoms with Crippen LogP contribution < -0.4 is 39.3 Å². The number of hydrogen-bond acceptors (Lipinski definition) is 5. The molecular formula is C7H6BNaO5. The Labute approximate surface area is 103 Å². The molecule has 7 heteroatoms. The maximum Gasteiger partial charge on any atom is 1.00 e. The molecule has 0 radical (unpaired) electrons. The van der Waals surface area contributed by atoms with Gasteiger partial charge in [0.25, 0.3) is 0 Å². The van der Waals surface area contributed by atoms with Crippen LogP contribution in [0.25, 0.3) is 0 Å². The third-order valence-electron chi connectivity index (χ3n) is 1.34. The first-order valence-electron chi connectivity index (χ1n) is 3.44. The zero-order valence-corrected chi connectivity index (χ0v) is 9.51. The fourth-order valence-electron chi connectivity index (χ4n) is 0.852. The number of rotatable bonds is 3. The van der Waals surface area contributed by atoms with Crippen LogP contribution in [0.15, 0.2) is 24.3 Å². The van der Waals surface area contributed by atoms with Crippen LogP contribution in [0.5, 0.6) is 5.75 Å². The van der Waals surface area contributed by atoms with Gasteiger partial charge in [-0.05, 0) is 12.1 Å². The number of aromatic carboxylic acids is 1. The Morgan fingerprint density at radius 2 is 1.93 bits per heavy atom. The average Bonchev–Trinajstić information content (AvgIpc) is 2.03. The molecule has 5 nitrogen and oxygen atoms in total. The van der Waals surface area contributed by atoms with E-state index >= 15 is 0 Å². The van der Waals surface area contributed by atoms with Crippen LogP contribution >= 0.6 is 0 Å². The molecule has 0 aliphatic rings. The normalized spacial score (nSPS) is 8.71. The SMILES string of the molecule is O=C([O-])c1ccccc1OB(O)O.[Na+]. The summed E-state index contributed by atoms with van der Waals surface area (Å²) in [6.45, 7) is 0. The number of carboxylic acid groups (broad SMARTS) is 1. The number of carboxylic acids is 1. The molecule has 2 N–H and O–H groups in total. The maximum atomic E-state index is 10.4. The number of para-hydroxylation sites is 1. The number of carbonyl (C=O) groups is 1. The van der Waals surface area contributed by atoms with Crippen molar-refractivity contribution >= 4 is 13.3 Å². The number of carbonyl (C=O) groups excluding carboxylic acids is 1. The van der Waals surface area contributed by atoms with Crippen LogP contribution in [0.1, 0.15) is 10.4 Å². The fourth-order valence-corrected chi connectivity index (χ4v) is 0.852. The Morgan fingerprint density at radius 1 is 1.36 bits per heavy atom. The van der Waals surface area contributed by atoms with Crippen LogP contribution in [-0.2, 0) is 0 Å². The summed E-state index contributed by atoms with van der Waals surface area (Å²) >= 11 is 0. The maximum absolute atomic E-state index is 10.4. The minimum Gasteiger partial charge on any atom is -0.545 e. The van der Waals surface area contributed by atoms with E-state index in [1.54, 1.807) is 0 Å². The first-order valence-corrected chi connectivity index (χ1v) is 3.44. The Bertz CT molecular complexity index is 317. The molecule has 0 amide bonds. The molecule has 0 saturated carbocycles. The van der Waals surface area contributed by atoms with E-state index in [0.717, 1.165) is 0 Å². The van der Waals surface area contributed by atoms with Crippen molar-refractivity contribution in [3.63, 3.8) is 0 Å². The topological polar surface area (TPSA) is 89.8 Å². The molecule has 0 saturated heterocycles. The molecule has 1 aromatic carbocycles. The molecule has 0 aromatic heterocycles. The Balaban J connectivity index is 0.00000169. The molecule has 0 bridgehead atoms. The number of benzene rings is 1. The summed E-state index contributed by atoms with van der Waals surface area (Å²) in [6.07, 6.45) is 0. The van der Waals surface area contributed by atoms with Gasteiger partial charge in [0, 0.05) is 5.56 Å². The quantitative estimate of drug-likeness (QED) is 0.483. The second-order valence-electron chi connectivity index (χ2n) is 2.23. The van der Waals surface area contributed by atoms with E-state index in [1.807, 2.05) is 0 Å². The van der Waals surface area contributed by atoms with Gasteiger partial charge < -0.3 is 24.6 Å². The summed E-state index contributed by atoms with van der Waals surface area (Å²) in [6, 6.07) is 5.52. The molecule has 1 aromatic rings. The predicted molar refractivity (Wildman–Crippen MR) is 41.6 cm³/mol. The van der Waals surface area contributed by atoms with Gasteiger partial charge in [-0.3, -0.25) is 0 Å². The minimum absolute atomic E-state index is 0. The van der Waals surface area contributed by atoms with Gasteiger partial charge >= 0.3 is 36.9 Å². The number of hydrogen-bond donors (Lipinski definition) is 2. The first kappa shape index (κ1) is 13.5. The van der Waals surface area contributed by atoms with Gasteiger partial charge in [0.05, 0.1) is 5.97 Å². The van der Waals surface area contributed by atoms with Crippen molar-refractivity contribution in [3.05, 3.63) is 29.8 Å². The molecule has 0 aliphatic heterocycles. The molecule has 0 unspecified atom stereocenters. The molecule has 0 fully saturated rings. The van der Waals surface area contributed by atoms with Crippen LogP contribution in [0.4, 0.5) is 0 Å². The third kappa shape index (κ3) is 3.69. The molecular weight excluding hydrogens is 198 g/mol. The Hall–Kier alpha value is -0.525. The van der Waals surface area contributed by atoms with E-state index in [4.69, 9.17) is 10.0 Å². The van der Waals surface area contributed by atoms with Crippen molar-refractivity contribution in [1.82, 2.24) is 0 Å². The van der Waals surface area contributed by atoms with E-state index in [0.29, 0.717) is 0 Å². The second-order valence-corrected chi connectivity index (χ2v) is 2.23. The van der Waals surface area contributed by atoms with Gasteiger partial charge in [0.2, 0.25) is 0 Å². The molecule has 1 rings (SSSR count). The minimum atomic E-state index is -2.04. The summed E-state index contributed by atoms with van der Waals surface area (Å²) in [7, 11) is -2.04. The third-order valence-corrected chi connectivity index (χ3v) is 1.34. The van der Waals surface area contributed by atoms with E-state index in [9.17, 15) is 9.90 Å². The Morgan fingerprint density at radius 3 is 2.43 bits per heavy atom. The van der Waals surface area contributed by atoms with E-state index in [1.165, 1.54) is 24.3 Å². The standard InChI is InChI=1S/C7H7BO5.Na/c9-7(10)5-3-1-2-4-6(5)13-8(11)12;/h1-4,11-12H,(H,9,10);/q;+1/p-1. The van der Waals surface area contributed by atoms with Crippen LogP contribution in [-0.4, -0.2) is 23.3 Å². The van der Waals surface area contributed by atoms with Crippen molar-refractivity contribution in [1.29, 1.82) is 0 Å². The molecule has 68 valence electrons. The summed E-state index contributed by atoms with van der Waals surface area (Å²) in [5.41, 5.74) is -0.226. The molecule has 0 spiro atoms. The molecule has 0 atom stereocenters. The van der Waals surface area contributed by atoms with E-state index < -0.39 is 13.3 Å². The van der Waals surface area contributed by atoms with Crippen molar-refractivity contribution in [2.45, 2.75) is 0 Å². The van der Waals surface area contributed by atoms with Gasteiger partial charge in [0.15, 0.2) is 0 Å². The largest absolute Gasteiger partial charge is 1.00 e. The molecule has 0 aliphatic carbocycles. The second kappa shape index (κ2) is 6.05. The van der Waals surface area contributed by atoms with Crippen LogP contribution in [0.3, 0.4) is 0 Å². The van der Waals surface area contributed by atoms with Crippen LogP contribution in [0, 0.1) is 0 Å². The summed E-state index contributed by atoms with van der Waals surface area (Å²) < 4.78 is 4.40. The molecule has 0 heterocycles. The van der Waals surface area contributed by atoms with Crippen molar-refractivity contribution < 1.29 is 54.2 Å². The summed E-state index contributed by atoms with van der Waals surface area (Å²) in [5, 5.41) is 27.3. The Kier molecular flexibility index (Phi) is 5.82. The summed E-state index contributed by atoms with van der Waals surface area (Å²) in [4.78, 5) is 10.4. The smallest absolute Gasteiger partial charge is 0.545 e. The molecule has 14 heavy (non-hydrogen) atoms.